The Hall–Kier alpha value is -0.860. The third-order valence-corrected chi connectivity index (χ3v) is 1.82. The number of hydrogen-bond acceptors (Lipinski definition) is 3. The van der Waals surface area contributed by atoms with Gasteiger partial charge in [-0.1, -0.05) is 13.3 Å². The molecular formula is C8H15N3. The summed E-state index contributed by atoms with van der Waals surface area (Å²) in [5.74, 6) is 1.09. The van der Waals surface area contributed by atoms with Crippen LogP contribution in [0.2, 0.25) is 0 Å². The summed E-state index contributed by atoms with van der Waals surface area (Å²) in [6.07, 6.45) is 4.09. The van der Waals surface area contributed by atoms with Crippen LogP contribution in [0, 0.1) is 0 Å². The fourth-order valence-corrected chi connectivity index (χ4v) is 1.02. The van der Waals surface area contributed by atoms with Crippen molar-refractivity contribution in [2.45, 2.75) is 26.7 Å². The summed E-state index contributed by atoms with van der Waals surface area (Å²) in [5, 5.41) is 0. The lowest BCUT2D eigenvalue weighted by Crippen LogP contribution is -2.32. The highest BCUT2D eigenvalue weighted by Gasteiger charge is 2.06. The van der Waals surface area contributed by atoms with E-state index in [-0.39, 0.29) is 0 Å². The molecule has 1 rings (SSSR count). The maximum atomic E-state index is 4.12. The molecule has 0 N–H and O–H groups in total. The predicted molar refractivity (Wildman–Crippen MR) is 48.1 cm³/mol. The molecule has 1 aliphatic heterocycles. The zero-order valence-corrected chi connectivity index (χ0v) is 7.25. The zero-order valence-electron chi connectivity index (χ0n) is 7.25. The largest absolute Gasteiger partial charge is 0.341 e. The van der Waals surface area contributed by atoms with E-state index in [4.69, 9.17) is 0 Å². The van der Waals surface area contributed by atoms with Gasteiger partial charge in [0, 0.05) is 6.54 Å². The summed E-state index contributed by atoms with van der Waals surface area (Å²) in [7, 11) is 0. The highest BCUT2D eigenvalue weighted by atomic mass is 15.3. The molecule has 1 heterocycles. The summed E-state index contributed by atoms with van der Waals surface area (Å²) in [5.41, 5.74) is 0. The van der Waals surface area contributed by atoms with E-state index in [0.29, 0.717) is 0 Å². The minimum Gasteiger partial charge on any atom is -0.341 e. The molecule has 0 atom stereocenters. The standard InChI is InChI=1S/C8H15N3/c1-3-4-5-11-7-9-6-10-8(11)2/h6H,3-5,7H2,1-2H3. The first-order valence-electron chi connectivity index (χ1n) is 4.12. The van der Waals surface area contributed by atoms with Gasteiger partial charge in [-0.2, -0.15) is 0 Å². The van der Waals surface area contributed by atoms with Crippen molar-refractivity contribution in [3.8, 4) is 0 Å². The molecular weight excluding hydrogens is 138 g/mol. The third-order valence-electron chi connectivity index (χ3n) is 1.82. The summed E-state index contributed by atoms with van der Waals surface area (Å²) in [4.78, 5) is 10.4. The topological polar surface area (TPSA) is 28.0 Å². The Bertz CT molecular complexity index is 172. The molecule has 0 aromatic rings. The van der Waals surface area contributed by atoms with Crippen LogP contribution >= 0.6 is 0 Å². The molecule has 0 aromatic carbocycles. The van der Waals surface area contributed by atoms with E-state index in [2.05, 4.69) is 21.8 Å². The maximum Gasteiger partial charge on any atom is 0.114 e. The first-order valence-corrected chi connectivity index (χ1v) is 4.12. The monoisotopic (exact) mass is 153 g/mol. The molecule has 0 bridgehead atoms. The van der Waals surface area contributed by atoms with Crippen molar-refractivity contribution < 1.29 is 0 Å². The second-order valence-corrected chi connectivity index (χ2v) is 2.73. The van der Waals surface area contributed by atoms with Crippen LogP contribution < -0.4 is 0 Å². The van der Waals surface area contributed by atoms with Gasteiger partial charge in [-0.05, 0) is 13.3 Å². The Morgan fingerprint density at radius 3 is 3.09 bits per heavy atom. The molecule has 3 heteroatoms. The van der Waals surface area contributed by atoms with E-state index in [1.54, 1.807) is 6.34 Å². The molecule has 0 amide bonds. The second-order valence-electron chi connectivity index (χ2n) is 2.73. The number of amidine groups is 1. The molecule has 0 saturated heterocycles. The first-order chi connectivity index (χ1) is 5.34. The van der Waals surface area contributed by atoms with Crippen LogP contribution in [0.1, 0.15) is 26.7 Å². The normalized spacial score (nSPS) is 16.9. The number of nitrogens with zero attached hydrogens (tertiary/aromatic N) is 3. The molecule has 0 aromatic heterocycles. The Morgan fingerprint density at radius 2 is 2.45 bits per heavy atom. The number of aliphatic imine (C=N–C) groups is 2. The molecule has 62 valence electrons. The molecule has 11 heavy (non-hydrogen) atoms. The lowest BCUT2D eigenvalue weighted by atomic mass is 10.3. The first kappa shape index (κ1) is 8.24. The molecule has 3 nitrogen and oxygen atoms in total. The molecule has 0 radical (unpaired) electrons. The van der Waals surface area contributed by atoms with Gasteiger partial charge < -0.3 is 4.90 Å². The van der Waals surface area contributed by atoms with Crippen LogP contribution in [0.4, 0.5) is 0 Å². The predicted octanol–water partition coefficient (Wildman–Crippen LogP) is 1.51. The van der Waals surface area contributed by atoms with Gasteiger partial charge in [-0.15, -0.1) is 0 Å². The smallest absolute Gasteiger partial charge is 0.114 e. The summed E-state index contributed by atoms with van der Waals surface area (Å²) in [6, 6.07) is 0. The Morgan fingerprint density at radius 1 is 1.64 bits per heavy atom. The number of hydrogen-bond donors (Lipinski definition) is 0. The lowest BCUT2D eigenvalue weighted by molar-refractivity contribution is 0.415. The average molecular weight is 153 g/mol. The molecule has 0 aliphatic carbocycles. The van der Waals surface area contributed by atoms with E-state index in [1.807, 2.05) is 6.92 Å². The summed E-state index contributed by atoms with van der Waals surface area (Å²) in [6.45, 7) is 6.10. The van der Waals surface area contributed by atoms with Crippen LogP contribution in [-0.4, -0.2) is 30.3 Å². The third kappa shape index (κ3) is 2.33. The SMILES string of the molecule is CCCCN1CN=CN=C1C. The van der Waals surface area contributed by atoms with Crippen molar-refractivity contribution in [1.29, 1.82) is 0 Å². The van der Waals surface area contributed by atoms with Crippen molar-refractivity contribution >= 4 is 12.2 Å². The van der Waals surface area contributed by atoms with Gasteiger partial charge in [0.2, 0.25) is 0 Å². The molecule has 0 saturated carbocycles. The van der Waals surface area contributed by atoms with Crippen LogP contribution in [0.3, 0.4) is 0 Å². The maximum absolute atomic E-state index is 4.12. The van der Waals surface area contributed by atoms with Gasteiger partial charge in [-0.25, -0.2) is 4.99 Å². The molecule has 0 unspecified atom stereocenters. The summed E-state index contributed by atoms with van der Waals surface area (Å²) >= 11 is 0. The Kier molecular flexibility index (Phi) is 3.08. The zero-order chi connectivity index (χ0) is 8.10. The van der Waals surface area contributed by atoms with Crippen LogP contribution in [0.25, 0.3) is 0 Å². The van der Waals surface area contributed by atoms with Crippen molar-refractivity contribution in [2.24, 2.45) is 9.98 Å². The minimum absolute atomic E-state index is 0.787. The minimum atomic E-state index is 0.787. The van der Waals surface area contributed by atoms with Crippen LogP contribution in [0.15, 0.2) is 9.98 Å². The van der Waals surface area contributed by atoms with Gasteiger partial charge in [0.05, 0.1) is 0 Å². The number of unbranched alkanes of at least 4 members (excludes halogenated alkanes) is 1. The van der Waals surface area contributed by atoms with E-state index in [9.17, 15) is 0 Å². The van der Waals surface area contributed by atoms with Crippen LogP contribution in [-0.2, 0) is 0 Å². The van der Waals surface area contributed by atoms with E-state index >= 15 is 0 Å². The van der Waals surface area contributed by atoms with Crippen molar-refractivity contribution in [2.75, 3.05) is 13.2 Å². The highest BCUT2D eigenvalue weighted by molar-refractivity contribution is 5.88. The average Bonchev–Trinajstić information content (AvgIpc) is 2.03. The lowest BCUT2D eigenvalue weighted by Gasteiger charge is -2.23. The highest BCUT2D eigenvalue weighted by Crippen LogP contribution is 1.99. The van der Waals surface area contributed by atoms with Gasteiger partial charge >= 0.3 is 0 Å². The van der Waals surface area contributed by atoms with E-state index in [0.717, 1.165) is 19.0 Å². The van der Waals surface area contributed by atoms with Crippen molar-refractivity contribution in [1.82, 2.24) is 4.90 Å². The van der Waals surface area contributed by atoms with Crippen molar-refractivity contribution in [3.05, 3.63) is 0 Å². The van der Waals surface area contributed by atoms with Crippen molar-refractivity contribution in [3.63, 3.8) is 0 Å². The van der Waals surface area contributed by atoms with Gasteiger partial charge in [-0.3, -0.25) is 4.99 Å². The Balaban J connectivity index is 2.35. The van der Waals surface area contributed by atoms with Gasteiger partial charge in [0.15, 0.2) is 0 Å². The summed E-state index contributed by atoms with van der Waals surface area (Å²) < 4.78 is 0. The fourth-order valence-electron chi connectivity index (χ4n) is 1.02. The van der Waals surface area contributed by atoms with Crippen LogP contribution in [0.5, 0.6) is 0 Å². The fraction of sp³-hybridized carbons (Fsp3) is 0.750. The van der Waals surface area contributed by atoms with E-state index in [1.165, 1.54) is 12.8 Å². The molecule has 0 fully saturated rings. The molecule has 1 aliphatic rings. The van der Waals surface area contributed by atoms with Gasteiger partial charge in [0.25, 0.3) is 0 Å². The second kappa shape index (κ2) is 4.11. The Labute approximate surface area is 67.8 Å². The van der Waals surface area contributed by atoms with E-state index < -0.39 is 0 Å². The number of rotatable bonds is 3. The quantitative estimate of drug-likeness (QED) is 0.604. The van der Waals surface area contributed by atoms with Gasteiger partial charge in [0.1, 0.15) is 18.8 Å². The molecule has 0 spiro atoms.